The van der Waals surface area contributed by atoms with Gasteiger partial charge in [-0.2, -0.15) is 0 Å². The number of aliphatic hydroxyl groups is 1. The lowest BCUT2D eigenvalue weighted by Gasteiger charge is -2.42. The van der Waals surface area contributed by atoms with Crippen LogP contribution in [-0.4, -0.2) is 157 Å². The molecule has 3 aliphatic heterocycles. The van der Waals surface area contributed by atoms with Gasteiger partial charge >= 0.3 is 18.2 Å². The quantitative estimate of drug-likeness (QED) is 0.0190. The summed E-state index contributed by atoms with van der Waals surface area (Å²) in [5.41, 5.74) is 3.76. The zero-order valence-electron chi connectivity index (χ0n) is 49.4. The summed E-state index contributed by atoms with van der Waals surface area (Å²) in [6, 6.07) is 8.61. The average Bonchev–Trinajstić information content (AvgIpc) is 1.58. The Kier molecular flexibility index (Phi) is 24.7. The number of hydrogen-bond acceptors (Lipinski definition) is 16. The monoisotopic (exact) mass is 1350 g/mol. The van der Waals surface area contributed by atoms with Crippen LogP contribution in [0.3, 0.4) is 0 Å². The van der Waals surface area contributed by atoms with Crippen molar-refractivity contribution in [3.05, 3.63) is 76.9 Å². The smallest absolute Gasteiger partial charge is 0.412 e. The van der Waals surface area contributed by atoms with Crippen LogP contribution in [0.2, 0.25) is 5.02 Å². The van der Waals surface area contributed by atoms with Gasteiger partial charge in [-0.3, -0.25) is 29.8 Å². The van der Waals surface area contributed by atoms with Crippen LogP contribution in [-0.2, 0) is 54.1 Å². The predicted molar refractivity (Wildman–Crippen MR) is 329 cm³/mol. The number of aldehydes is 1. The SMILES string of the molecule is COc1cc2cc(c1Cl)N(C)C(=O)C[C@H](OC(=O)Nc1ccc3nc(NC(=O)[C@H](CCCNC(N)=O)NC(=O)[C@@H](NC(=O)CCCCCOC(C=O)(CBr)CBr)C(C)C)ccc3c1)[C@]1(C)O[C@H]1[C@H](C)[C@@H]1C[C@@](O)(NC(=O)O1)[C@H](OC)/C=C/C=C(\C)C2. The van der Waals surface area contributed by atoms with Crippen LogP contribution < -0.4 is 47.3 Å². The number of urea groups is 1. The number of aromatic nitrogens is 1. The molecule has 2 fully saturated rings. The van der Waals surface area contributed by atoms with E-state index in [1.807, 2.05) is 13.0 Å². The first-order valence-corrected chi connectivity index (χ1v) is 30.9. The second-order valence-corrected chi connectivity index (χ2v) is 23.8. The molecule has 86 heavy (non-hydrogen) atoms. The summed E-state index contributed by atoms with van der Waals surface area (Å²) in [6.45, 7) is 9.31. The molecule has 24 nitrogen and oxygen atoms in total. The Balaban J connectivity index is 1.16. The largest absolute Gasteiger partial charge is 0.495 e. The first-order valence-electron chi connectivity index (χ1n) is 28.2. The van der Waals surface area contributed by atoms with E-state index in [0.29, 0.717) is 65.3 Å². The molecule has 4 bridgehead atoms. The predicted octanol–water partition coefficient (Wildman–Crippen LogP) is 7.24. The summed E-state index contributed by atoms with van der Waals surface area (Å²) in [5.74, 6) is -2.58. The molecule has 4 heterocycles. The van der Waals surface area contributed by atoms with Crippen LogP contribution in [0.4, 0.5) is 31.6 Å². The molecule has 2 saturated heterocycles. The number of nitrogens with zero attached hydrogens (tertiary/aromatic N) is 2. The number of hydrogen-bond donors (Lipinski definition) is 8. The van der Waals surface area contributed by atoms with Gasteiger partial charge in [0.05, 0.1) is 30.8 Å². The third-order valence-corrected chi connectivity index (χ3v) is 17.6. The number of allylic oxidation sites excluding steroid dienone is 3. The van der Waals surface area contributed by atoms with Crippen molar-refractivity contribution in [1.82, 2.24) is 26.3 Å². The van der Waals surface area contributed by atoms with Gasteiger partial charge in [0.2, 0.25) is 23.6 Å². The van der Waals surface area contributed by atoms with E-state index in [4.69, 9.17) is 45.8 Å². The number of primary amides is 1. The Bertz CT molecular complexity index is 3020. The zero-order valence-corrected chi connectivity index (χ0v) is 53.4. The molecular formula is C59H78Br2ClN9O15. The number of amides is 8. The average molecular weight is 1350 g/mol. The second-order valence-electron chi connectivity index (χ2n) is 22.3. The van der Waals surface area contributed by atoms with Crippen LogP contribution >= 0.6 is 43.5 Å². The summed E-state index contributed by atoms with van der Waals surface area (Å²) in [4.78, 5) is 111. The topological polar surface area (TPSA) is 330 Å². The van der Waals surface area contributed by atoms with Gasteiger partial charge in [-0.1, -0.05) is 94.5 Å². The minimum Gasteiger partial charge on any atom is -0.495 e. The number of anilines is 3. The molecule has 0 radical (unpaired) electrons. The van der Waals surface area contributed by atoms with Crippen molar-refractivity contribution >= 4 is 120 Å². The first kappa shape index (κ1) is 68.7. The molecule has 9 atom stereocenters. The van der Waals surface area contributed by atoms with Gasteiger partial charge in [0, 0.05) is 67.8 Å². The molecule has 0 spiro atoms. The molecule has 470 valence electrons. The summed E-state index contributed by atoms with van der Waals surface area (Å²) in [7, 11) is 4.43. The van der Waals surface area contributed by atoms with Crippen LogP contribution in [0.25, 0.3) is 10.9 Å². The number of epoxide rings is 1. The molecule has 6 rings (SSSR count). The van der Waals surface area contributed by atoms with Crippen molar-refractivity contribution in [2.45, 2.75) is 146 Å². The second kappa shape index (κ2) is 31.0. The lowest BCUT2D eigenvalue weighted by Crippen LogP contribution is -2.63. The van der Waals surface area contributed by atoms with Gasteiger partial charge < -0.3 is 70.2 Å². The molecule has 27 heteroatoms. The highest BCUT2D eigenvalue weighted by Crippen LogP contribution is 2.49. The van der Waals surface area contributed by atoms with Crippen LogP contribution in [0.5, 0.6) is 5.75 Å². The Morgan fingerprint density at radius 1 is 1.02 bits per heavy atom. The summed E-state index contributed by atoms with van der Waals surface area (Å²) in [5, 5.41) is 29.3. The Morgan fingerprint density at radius 3 is 2.44 bits per heavy atom. The lowest BCUT2D eigenvalue weighted by atomic mass is 9.83. The minimum absolute atomic E-state index is 0.0735. The minimum atomic E-state index is -1.89. The van der Waals surface area contributed by atoms with E-state index in [-0.39, 0.29) is 60.6 Å². The van der Waals surface area contributed by atoms with E-state index in [0.717, 1.165) is 17.4 Å². The number of alkyl halides is 2. The number of fused-ring (bicyclic) bond motifs is 6. The molecule has 3 aromatic rings. The number of ether oxygens (including phenoxy) is 6. The third-order valence-electron chi connectivity index (χ3n) is 15.4. The van der Waals surface area contributed by atoms with Crippen molar-refractivity contribution in [3.8, 4) is 5.75 Å². The van der Waals surface area contributed by atoms with Crippen molar-refractivity contribution in [2.24, 2.45) is 17.6 Å². The van der Waals surface area contributed by atoms with Crippen molar-refractivity contribution < 1.29 is 71.9 Å². The van der Waals surface area contributed by atoms with Crippen molar-refractivity contribution in [1.29, 1.82) is 0 Å². The molecule has 1 aromatic heterocycles. The van der Waals surface area contributed by atoms with E-state index in [2.05, 4.69) is 68.7 Å². The maximum absolute atomic E-state index is 14.4. The number of carbonyl (C=O) groups is 8. The standard InChI is InChI=1S/C59H78Br2ClN9O15/c1-33(2)50(69-47(73)17-10-9-11-23-83-58(30-60,31-61)32-72)53(76)67-40(15-13-22-64-54(63)77)52(75)68-46-21-18-37-27-38(19-20-39(37)66-46)65-55(78)85-45-28-48(74)71(6)41-25-36(26-42(81-7)49(41)62)24-34(3)14-12-16-44(82-8)59(80)29-43(84-56(79)70-59)35(4)51-57(45,5)86-51/h12,14,16,18-21,25-27,32-33,35,40,43-45,50-51,80H,9-11,13,15,17,22-24,28-31H2,1-8H3,(H,65,78)(H,67,76)(H,69,73)(H,70,79)(H3,63,64,77)(H,66,68,75)/b16-12+,34-14+/t35-,40+,43+,44-,45+,50+,51+,57+,59+/m1/s1. The van der Waals surface area contributed by atoms with E-state index in [1.54, 1.807) is 83.3 Å². The number of nitrogens with two attached hydrogens (primary N) is 1. The molecule has 0 aliphatic carbocycles. The molecule has 2 aromatic carbocycles. The van der Waals surface area contributed by atoms with Crippen LogP contribution in [0, 0.1) is 11.8 Å². The third kappa shape index (κ3) is 18.1. The van der Waals surface area contributed by atoms with Gasteiger partial charge in [0.15, 0.2) is 12.0 Å². The summed E-state index contributed by atoms with van der Waals surface area (Å²) >= 11 is 13.5. The Morgan fingerprint density at radius 2 is 1.77 bits per heavy atom. The van der Waals surface area contributed by atoms with E-state index >= 15 is 0 Å². The fourth-order valence-electron chi connectivity index (χ4n) is 10.2. The van der Waals surface area contributed by atoms with Crippen molar-refractivity contribution in [3.63, 3.8) is 0 Å². The summed E-state index contributed by atoms with van der Waals surface area (Å²) < 4.78 is 35.2. The number of benzene rings is 2. The Labute approximate surface area is 521 Å². The zero-order chi connectivity index (χ0) is 63.1. The molecule has 8 amide bonds. The highest BCUT2D eigenvalue weighted by molar-refractivity contribution is 9.10. The lowest BCUT2D eigenvalue weighted by molar-refractivity contribution is -0.142. The fourth-order valence-corrected chi connectivity index (χ4v) is 12.1. The number of alkyl carbamates (subject to hydrolysis) is 1. The highest BCUT2D eigenvalue weighted by Gasteiger charge is 2.64. The van der Waals surface area contributed by atoms with Crippen molar-refractivity contribution in [2.75, 3.05) is 60.6 Å². The normalized spacial score (nSPS) is 24.1. The molecule has 9 N–H and O–H groups in total. The maximum atomic E-state index is 14.4. The maximum Gasteiger partial charge on any atom is 0.412 e. The molecular weight excluding hydrogens is 1270 g/mol. The van der Waals surface area contributed by atoms with Gasteiger partial charge in [-0.25, -0.2) is 19.4 Å². The van der Waals surface area contributed by atoms with Gasteiger partial charge in [0.1, 0.15) is 58.2 Å². The van der Waals surface area contributed by atoms with Gasteiger partial charge in [0.25, 0.3) is 0 Å². The molecule has 3 aliphatic rings. The number of rotatable bonds is 24. The summed E-state index contributed by atoms with van der Waals surface area (Å²) in [6.07, 6.45) is 2.34. The van der Waals surface area contributed by atoms with Crippen LogP contribution in [0.15, 0.2) is 66.3 Å². The van der Waals surface area contributed by atoms with E-state index in [9.17, 15) is 43.5 Å². The number of unbranched alkanes of at least 4 members (excludes halogenated alkanes) is 2. The first-order chi connectivity index (χ1) is 40.8. The number of pyridine rings is 1. The number of nitrogens with one attached hydrogen (secondary N) is 6. The fraction of sp³-hybridized carbons (Fsp3) is 0.542. The Hall–Kier alpha value is -6.42. The van der Waals surface area contributed by atoms with Gasteiger partial charge in [-0.15, -0.1) is 0 Å². The molecule has 0 saturated carbocycles. The van der Waals surface area contributed by atoms with E-state index < -0.39 is 102 Å². The van der Waals surface area contributed by atoms with Crippen LogP contribution in [0.1, 0.15) is 91.5 Å². The number of methoxy groups -OCH3 is 2. The number of carbonyl (C=O) groups excluding carboxylic acids is 8. The highest BCUT2D eigenvalue weighted by atomic mass is 79.9. The molecule has 0 unspecified atom stereocenters. The number of halogens is 3. The van der Waals surface area contributed by atoms with E-state index in [1.165, 1.54) is 25.2 Å². The van der Waals surface area contributed by atoms with Gasteiger partial charge in [-0.05, 0) is 99.9 Å².